The summed E-state index contributed by atoms with van der Waals surface area (Å²) in [6.45, 7) is 7.05. The molecule has 0 bridgehead atoms. The molecule has 1 saturated heterocycles. The zero-order chi connectivity index (χ0) is 13.6. The Bertz CT molecular complexity index is 473. The third kappa shape index (κ3) is 2.13. The Morgan fingerprint density at radius 3 is 2.47 bits per heavy atom. The molecule has 0 amide bonds. The van der Waals surface area contributed by atoms with E-state index in [0.717, 1.165) is 31.0 Å². The van der Waals surface area contributed by atoms with Crippen molar-refractivity contribution in [2.75, 3.05) is 6.61 Å². The maximum Gasteiger partial charge on any atom is 0.106 e. The molecule has 3 heteroatoms. The maximum atomic E-state index is 6.57. The van der Waals surface area contributed by atoms with Gasteiger partial charge in [0, 0.05) is 18.2 Å². The molecule has 2 heterocycles. The van der Waals surface area contributed by atoms with Crippen molar-refractivity contribution in [1.82, 2.24) is 0 Å². The van der Waals surface area contributed by atoms with Crippen molar-refractivity contribution in [2.45, 2.75) is 64.5 Å². The summed E-state index contributed by atoms with van der Waals surface area (Å²) in [5.41, 5.74) is 9.21. The van der Waals surface area contributed by atoms with Gasteiger partial charge in [-0.3, -0.25) is 0 Å². The van der Waals surface area contributed by atoms with Crippen LogP contribution in [0.1, 0.15) is 60.8 Å². The average molecular weight is 263 g/mol. The number of furan rings is 1. The summed E-state index contributed by atoms with van der Waals surface area (Å²) in [4.78, 5) is 0. The van der Waals surface area contributed by atoms with E-state index >= 15 is 0 Å². The predicted octanol–water partition coefficient (Wildman–Crippen LogP) is 3.55. The molecule has 3 rings (SSSR count). The van der Waals surface area contributed by atoms with Crippen LogP contribution in [-0.2, 0) is 4.74 Å². The first kappa shape index (κ1) is 13.2. The summed E-state index contributed by atoms with van der Waals surface area (Å²) in [7, 11) is 0. The molecule has 1 aromatic rings. The number of nitrogens with two attached hydrogens (primary N) is 1. The molecule has 1 spiro atoms. The van der Waals surface area contributed by atoms with Crippen LogP contribution in [0.3, 0.4) is 0 Å². The van der Waals surface area contributed by atoms with Crippen molar-refractivity contribution in [3.63, 3.8) is 0 Å². The fourth-order valence-electron chi connectivity index (χ4n) is 3.83. The number of hydrogen-bond acceptors (Lipinski definition) is 3. The van der Waals surface area contributed by atoms with Gasteiger partial charge in [-0.25, -0.2) is 0 Å². The molecule has 1 aromatic heterocycles. The Hall–Kier alpha value is -0.800. The van der Waals surface area contributed by atoms with Gasteiger partial charge in [0.05, 0.1) is 5.60 Å². The zero-order valence-corrected chi connectivity index (χ0v) is 12.3. The van der Waals surface area contributed by atoms with Crippen LogP contribution in [0.25, 0.3) is 0 Å². The molecule has 106 valence electrons. The monoisotopic (exact) mass is 263 g/mol. The van der Waals surface area contributed by atoms with E-state index in [1.165, 1.54) is 30.4 Å². The van der Waals surface area contributed by atoms with Crippen LogP contribution in [0.2, 0.25) is 0 Å². The van der Waals surface area contributed by atoms with Gasteiger partial charge in [-0.05, 0) is 64.4 Å². The van der Waals surface area contributed by atoms with E-state index in [1.807, 2.05) is 13.8 Å². The van der Waals surface area contributed by atoms with Gasteiger partial charge < -0.3 is 14.9 Å². The van der Waals surface area contributed by atoms with E-state index < -0.39 is 0 Å². The van der Waals surface area contributed by atoms with Crippen molar-refractivity contribution >= 4 is 0 Å². The highest BCUT2D eigenvalue weighted by atomic mass is 16.5. The van der Waals surface area contributed by atoms with Crippen LogP contribution in [0.15, 0.2) is 4.42 Å². The molecular weight excluding hydrogens is 238 g/mol. The van der Waals surface area contributed by atoms with E-state index in [0.29, 0.717) is 5.92 Å². The van der Waals surface area contributed by atoms with Crippen LogP contribution in [0.5, 0.6) is 0 Å². The van der Waals surface area contributed by atoms with E-state index in [1.54, 1.807) is 0 Å². The Morgan fingerprint density at radius 1 is 1.21 bits per heavy atom. The second kappa shape index (κ2) is 4.64. The third-order valence-electron chi connectivity index (χ3n) is 5.25. The minimum absolute atomic E-state index is 0.0961. The second-order valence-electron chi connectivity index (χ2n) is 6.42. The second-order valence-corrected chi connectivity index (χ2v) is 6.42. The summed E-state index contributed by atoms with van der Waals surface area (Å²) >= 11 is 0. The van der Waals surface area contributed by atoms with Crippen LogP contribution >= 0.6 is 0 Å². The van der Waals surface area contributed by atoms with Crippen LogP contribution in [0, 0.1) is 26.7 Å². The topological polar surface area (TPSA) is 48.4 Å². The minimum Gasteiger partial charge on any atom is -0.466 e. The summed E-state index contributed by atoms with van der Waals surface area (Å²) in [5.74, 6) is 2.54. The highest BCUT2D eigenvalue weighted by Gasteiger charge is 2.44. The molecule has 1 aliphatic carbocycles. The average Bonchev–Trinajstić information content (AvgIpc) is 2.61. The van der Waals surface area contributed by atoms with Crippen LogP contribution < -0.4 is 5.73 Å². The molecule has 3 nitrogen and oxygen atoms in total. The molecule has 2 unspecified atom stereocenters. The maximum absolute atomic E-state index is 6.57. The van der Waals surface area contributed by atoms with Crippen LogP contribution in [-0.4, -0.2) is 12.2 Å². The predicted molar refractivity (Wildman–Crippen MR) is 75.1 cm³/mol. The van der Waals surface area contributed by atoms with Gasteiger partial charge in [0.1, 0.15) is 11.5 Å². The zero-order valence-electron chi connectivity index (χ0n) is 12.3. The summed E-state index contributed by atoms with van der Waals surface area (Å²) < 4.78 is 11.7. The lowest BCUT2D eigenvalue weighted by Gasteiger charge is -2.48. The van der Waals surface area contributed by atoms with E-state index in [4.69, 9.17) is 14.9 Å². The van der Waals surface area contributed by atoms with E-state index in [-0.39, 0.29) is 11.6 Å². The summed E-state index contributed by atoms with van der Waals surface area (Å²) in [5, 5.41) is 0. The van der Waals surface area contributed by atoms with Crippen molar-refractivity contribution in [3.05, 3.63) is 22.6 Å². The lowest BCUT2D eigenvalue weighted by molar-refractivity contribution is -0.146. The first-order valence-corrected chi connectivity index (χ1v) is 7.48. The smallest absolute Gasteiger partial charge is 0.106 e. The molecular formula is C16H25NO2. The number of rotatable bonds is 2. The van der Waals surface area contributed by atoms with Gasteiger partial charge in [0.15, 0.2) is 0 Å². The Balaban J connectivity index is 1.81. The lowest BCUT2D eigenvalue weighted by atomic mass is 9.69. The van der Waals surface area contributed by atoms with Crippen molar-refractivity contribution in [2.24, 2.45) is 11.7 Å². The fraction of sp³-hybridized carbons (Fsp3) is 0.750. The molecule has 0 aromatic carbocycles. The van der Waals surface area contributed by atoms with Gasteiger partial charge in [0.25, 0.3) is 0 Å². The van der Waals surface area contributed by atoms with Crippen LogP contribution in [0.4, 0.5) is 0 Å². The van der Waals surface area contributed by atoms with Crippen molar-refractivity contribution < 1.29 is 9.15 Å². The third-order valence-corrected chi connectivity index (χ3v) is 5.25. The Kier molecular flexibility index (Phi) is 3.22. The van der Waals surface area contributed by atoms with Crippen molar-refractivity contribution in [1.29, 1.82) is 0 Å². The first-order valence-electron chi connectivity index (χ1n) is 7.48. The van der Waals surface area contributed by atoms with Gasteiger partial charge >= 0.3 is 0 Å². The normalized spacial score (nSPS) is 27.3. The van der Waals surface area contributed by atoms with Gasteiger partial charge in [-0.1, -0.05) is 0 Å². The highest BCUT2D eigenvalue weighted by molar-refractivity contribution is 5.34. The number of aryl methyl sites for hydroxylation is 2. The molecule has 0 radical (unpaired) electrons. The molecule has 2 N–H and O–H groups in total. The SMILES string of the molecule is Cc1oc(C)c(C(N)C2CCOC3(CCC3)C2)c1C. The van der Waals surface area contributed by atoms with Gasteiger partial charge in [0.2, 0.25) is 0 Å². The molecule has 1 aliphatic heterocycles. The van der Waals surface area contributed by atoms with E-state index in [2.05, 4.69) is 6.92 Å². The minimum atomic E-state index is 0.0961. The first-order chi connectivity index (χ1) is 9.02. The Labute approximate surface area is 115 Å². The molecule has 2 fully saturated rings. The molecule has 2 atom stereocenters. The molecule has 2 aliphatic rings. The molecule has 1 saturated carbocycles. The quantitative estimate of drug-likeness (QED) is 0.887. The molecule has 19 heavy (non-hydrogen) atoms. The standard InChI is InChI=1S/C16H25NO2/c1-10-11(2)19-12(3)14(10)15(17)13-5-8-18-16(9-13)6-4-7-16/h13,15H,4-9,17H2,1-3H3. The van der Waals surface area contributed by atoms with E-state index in [9.17, 15) is 0 Å². The van der Waals surface area contributed by atoms with Gasteiger partial charge in [-0.15, -0.1) is 0 Å². The number of ether oxygens (including phenoxy) is 1. The summed E-state index contributed by atoms with van der Waals surface area (Å²) in [6, 6.07) is 0.0961. The lowest BCUT2D eigenvalue weighted by Crippen LogP contribution is -2.47. The largest absolute Gasteiger partial charge is 0.466 e. The van der Waals surface area contributed by atoms with Crippen molar-refractivity contribution in [3.8, 4) is 0 Å². The number of hydrogen-bond donors (Lipinski definition) is 1. The highest BCUT2D eigenvalue weighted by Crippen LogP contribution is 2.47. The van der Waals surface area contributed by atoms with Gasteiger partial charge in [-0.2, -0.15) is 0 Å². The summed E-state index contributed by atoms with van der Waals surface area (Å²) in [6.07, 6.45) is 5.95. The Morgan fingerprint density at radius 2 is 1.95 bits per heavy atom. The fourth-order valence-corrected chi connectivity index (χ4v) is 3.83.